The fraction of sp³-hybridized carbons (Fsp3) is 0.450. The van der Waals surface area contributed by atoms with Crippen LogP contribution < -0.4 is 4.90 Å². The van der Waals surface area contributed by atoms with Crippen LogP contribution in [0.5, 0.6) is 0 Å². The van der Waals surface area contributed by atoms with Crippen LogP contribution in [0.3, 0.4) is 0 Å². The molecule has 0 amide bonds. The number of nitrogens with one attached hydrogen (secondary N) is 1. The zero-order valence-corrected chi connectivity index (χ0v) is 14.2. The molecule has 3 heteroatoms. The molecule has 0 saturated carbocycles. The molecule has 1 saturated heterocycles. The monoisotopic (exact) mass is 307 g/mol. The molecular weight excluding hydrogens is 282 g/mol. The van der Waals surface area contributed by atoms with E-state index in [0.29, 0.717) is 0 Å². The smallest absolute Gasteiger partial charge is 0.124 e. The van der Waals surface area contributed by atoms with Crippen molar-refractivity contribution in [1.29, 1.82) is 5.26 Å². The minimum atomic E-state index is 0.761. The highest BCUT2D eigenvalue weighted by Crippen LogP contribution is 2.30. The summed E-state index contributed by atoms with van der Waals surface area (Å²) in [7, 11) is 0. The molecule has 3 nitrogen and oxygen atoms in total. The lowest BCUT2D eigenvalue weighted by molar-refractivity contribution is 0.574. The Bertz CT molecular complexity index is 715. The molecule has 1 fully saturated rings. The topological polar surface area (TPSA) is 42.8 Å². The second-order valence-corrected chi connectivity index (χ2v) is 6.50. The summed E-state index contributed by atoms with van der Waals surface area (Å²) in [6.45, 7) is 6.47. The normalized spacial score (nSPS) is 14.7. The molecule has 1 aromatic carbocycles. The highest BCUT2D eigenvalue weighted by atomic mass is 15.2. The van der Waals surface area contributed by atoms with Crippen LogP contribution in [0.2, 0.25) is 0 Å². The Kier molecular flexibility index (Phi) is 4.71. The quantitative estimate of drug-likeness (QED) is 0.881. The fourth-order valence-corrected chi connectivity index (χ4v) is 3.46. The molecule has 0 bridgehead atoms. The average Bonchev–Trinajstić information content (AvgIpc) is 3.02. The van der Waals surface area contributed by atoms with E-state index in [4.69, 9.17) is 0 Å². The van der Waals surface area contributed by atoms with Crippen molar-refractivity contribution < 1.29 is 0 Å². The second-order valence-electron chi connectivity index (χ2n) is 6.50. The molecule has 1 N–H and O–H groups in total. The zero-order valence-electron chi connectivity index (χ0n) is 14.2. The van der Waals surface area contributed by atoms with Crippen molar-refractivity contribution in [3.8, 4) is 17.3 Å². The summed E-state index contributed by atoms with van der Waals surface area (Å²) in [5.41, 5.74) is 5.73. The van der Waals surface area contributed by atoms with Crippen LogP contribution in [0.4, 0.5) is 5.82 Å². The molecule has 2 aromatic rings. The molecule has 0 aliphatic carbocycles. The van der Waals surface area contributed by atoms with Crippen LogP contribution in [0, 0.1) is 18.3 Å². The number of H-pyrrole nitrogens is 1. The van der Waals surface area contributed by atoms with Crippen molar-refractivity contribution in [3.63, 3.8) is 0 Å². The number of anilines is 1. The maximum Gasteiger partial charge on any atom is 0.124 e. The van der Waals surface area contributed by atoms with Crippen LogP contribution >= 0.6 is 0 Å². The Balaban J connectivity index is 1.93. The van der Waals surface area contributed by atoms with Gasteiger partial charge in [-0.1, -0.05) is 25.5 Å². The Morgan fingerprint density at radius 2 is 1.96 bits per heavy atom. The number of benzene rings is 1. The minimum Gasteiger partial charge on any atom is -0.357 e. The molecule has 1 aromatic heterocycles. The van der Waals surface area contributed by atoms with E-state index in [9.17, 15) is 5.26 Å². The van der Waals surface area contributed by atoms with Gasteiger partial charge in [-0.3, -0.25) is 0 Å². The number of aromatic amines is 1. The summed E-state index contributed by atoms with van der Waals surface area (Å²) in [4.78, 5) is 5.82. The number of nitriles is 1. The number of aromatic nitrogens is 1. The van der Waals surface area contributed by atoms with Gasteiger partial charge in [-0.15, -0.1) is 0 Å². The largest absolute Gasteiger partial charge is 0.357 e. The summed E-state index contributed by atoms with van der Waals surface area (Å²) in [6.07, 6.45) is 6.01. The average molecular weight is 307 g/mol. The number of piperidine rings is 1. The standard InChI is InChI=1S/C20H25N3/c1-3-7-16-8-9-17(12-15(16)2)19-13-18(14-21)20(22-19)23-10-5-4-6-11-23/h8-9,12-13,22H,3-7,10-11H2,1-2H3. The third-order valence-electron chi connectivity index (χ3n) is 4.76. The van der Waals surface area contributed by atoms with Gasteiger partial charge in [0.15, 0.2) is 0 Å². The fourth-order valence-electron chi connectivity index (χ4n) is 3.46. The van der Waals surface area contributed by atoms with E-state index in [-0.39, 0.29) is 0 Å². The lowest BCUT2D eigenvalue weighted by Crippen LogP contribution is -2.30. The summed E-state index contributed by atoms with van der Waals surface area (Å²) in [5, 5.41) is 9.48. The molecule has 0 unspecified atom stereocenters. The van der Waals surface area contributed by atoms with E-state index in [1.807, 2.05) is 6.07 Å². The van der Waals surface area contributed by atoms with Gasteiger partial charge in [0.05, 0.1) is 5.56 Å². The van der Waals surface area contributed by atoms with Gasteiger partial charge < -0.3 is 9.88 Å². The molecule has 23 heavy (non-hydrogen) atoms. The third-order valence-corrected chi connectivity index (χ3v) is 4.76. The number of aryl methyl sites for hydroxylation is 2. The number of nitrogens with zero attached hydrogens (tertiary/aromatic N) is 2. The molecule has 120 valence electrons. The van der Waals surface area contributed by atoms with Crippen LogP contribution in [0.1, 0.15) is 49.3 Å². The van der Waals surface area contributed by atoms with Crippen molar-refractivity contribution in [2.75, 3.05) is 18.0 Å². The Morgan fingerprint density at radius 3 is 2.61 bits per heavy atom. The molecule has 0 spiro atoms. The van der Waals surface area contributed by atoms with E-state index in [2.05, 4.69) is 48.0 Å². The lowest BCUT2D eigenvalue weighted by atomic mass is 10.0. The Morgan fingerprint density at radius 1 is 1.17 bits per heavy atom. The van der Waals surface area contributed by atoms with Gasteiger partial charge in [0.1, 0.15) is 11.9 Å². The van der Waals surface area contributed by atoms with Gasteiger partial charge in [-0.05, 0) is 61.4 Å². The molecule has 1 aliphatic rings. The highest BCUT2D eigenvalue weighted by molar-refractivity contribution is 5.70. The Hall–Kier alpha value is -2.21. The first-order valence-electron chi connectivity index (χ1n) is 8.71. The summed E-state index contributed by atoms with van der Waals surface area (Å²) >= 11 is 0. The van der Waals surface area contributed by atoms with Crippen LogP contribution in [0.15, 0.2) is 24.3 Å². The summed E-state index contributed by atoms with van der Waals surface area (Å²) in [5.74, 6) is 0.998. The van der Waals surface area contributed by atoms with E-state index in [1.54, 1.807) is 0 Å². The molecule has 2 heterocycles. The van der Waals surface area contributed by atoms with Gasteiger partial charge in [-0.2, -0.15) is 5.26 Å². The van der Waals surface area contributed by atoms with Crippen molar-refractivity contribution in [2.24, 2.45) is 0 Å². The van der Waals surface area contributed by atoms with E-state index in [1.165, 1.54) is 42.4 Å². The van der Waals surface area contributed by atoms with Crippen molar-refractivity contribution in [1.82, 2.24) is 4.98 Å². The molecule has 0 atom stereocenters. The maximum absolute atomic E-state index is 9.48. The van der Waals surface area contributed by atoms with Crippen LogP contribution in [0.25, 0.3) is 11.3 Å². The van der Waals surface area contributed by atoms with Gasteiger partial charge in [-0.25, -0.2) is 0 Å². The zero-order chi connectivity index (χ0) is 16.2. The highest BCUT2D eigenvalue weighted by Gasteiger charge is 2.18. The van der Waals surface area contributed by atoms with Gasteiger partial charge in [0.25, 0.3) is 0 Å². The van der Waals surface area contributed by atoms with Crippen molar-refractivity contribution in [3.05, 3.63) is 41.0 Å². The van der Waals surface area contributed by atoms with Gasteiger partial charge >= 0.3 is 0 Å². The van der Waals surface area contributed by atoms with Crippen LogP contribution in [-0.2, 0) is 6.42 Å². The van der Waals surface area contributed by atoms with Crippen LogP contribution in [-0.4, -0.2) is 18.1 Å². The van der Waals surface area contributed by atoms with Crippen molar-refractivity contribution >= 4 is 5.82 Å². The van der Waals surface area contributed by atoms with E-state index >= 15 is 0 Å². The predicted molar refractivity (Wildman–Crippen MR) is 95.7 cm³/mol. The van der Waals surface area contributed by atoms with Gasteiger partial charge in [0.2, 0.25) is 0 Å². The second kappa shape index (κ2) is 6.91. The number of rotatable bonds is 4. The molecule has 3 rings (SSSR count). The van der Waals surface area contributed by atoms with Gasteiger partial charge in [0, 0.05) is 18.8 Å². The first kappa shape index (κ1) is 15.7. The third kappa shape index (κ3) is 3.27. The maximum atomic E-state index is 9.48. The number of hydrogen-bond donors (Lipinski definition) is 1. The first-order valence-corrected chi connectivity index (χ1v) is 8.71. The Labute approximate surface area is 138 Å². The molecular formula is C20H25N3. The van der Waals surface area contributed by atoms with Crippen molar-refractivity contribution in [2.45, 2.75) is 46.0 Å². The summed E-state index contributed by atoms with van der Waals surface area (Å²) < 4.78 is 0. The predicted octanol–water partition coefficient (Wildman–Crippen LogP) is 4.80. The SMILES string of the molecule is CCCc1ccc(-c2cc(C#N)c(N3CCCCC3)[nH]2)cc1C. The van der Waals surface area contributed by atoms with E-state index < -0.39 is 0 Å². The molecule has 1 aliphatic heterocycles. The lowest BCUT2D eigenvalue weighted by Gasteiger charge is -2.27. The first-order chi connectivity index (χ1) is 11.2. The minimum absolute atomic E-state index is 0.761. The summed E-state index contributed by atoms with van der Waals surface area (Å²) in [6, 6.07) is 11.0. The van der Waals surface area contributed by atoms with E-state index in [0.717, 1.165) is 36.6 Å². The molecule has 0 radical (unpaired) electrons. The number of hydrogen-bond acceptors (Lipinski definition) is 2.